The summed E-state index contributed by atoms with van der Waals surface area (Å²) in [4.78, 5) is 6.90. The quantitative estimate of drug-likeness (QED) is 0.319. The van der Waals surface area contributed by atoms with Crippen molar-refractivity contribution in [3.05, 3.63) is 0 Å². The number of hydrogen-bond donors (Lipinski definition) is 1. The summed E-state index contributed by atoms with van der Waals surface area (Å²) in [5.41, 5.74) is 0. The van der Waals surface area contributed by atoms with E-state index >= 15 is 0 Å². The van der Waals surface area contributed by atoms with Gasteiger partial charge in [0.2, 0.25) is 10.0 Å². The van der Waals surface area contributed by atoms with E-state index < -0.39 is 10.0 Å². The lowest BCUT2D eigenvalue weighted by Crippen LogP contribution is -2.42. The van der Waals surface area contributed by atoms with Crippen LogP contribution in [0.5, 0.6) is 0 Å². The molecule has 2 rings (SSSR count). The first-order valence-electron chi connectivity index (χ1n) is 9.51. The molecule has 26 heavy (non-hydrogen) atoms. The normalized spacial score (nSPS) is 22.5. The largest absolute Gasteiger partial charge is 0.357 e. The number of halogens is 1. The lowest BCUT2D eigenvalue weighted by molar-refractivity contribution is 0.403. The predicted octanol–water partition coefficient (Wildman–Crippen LogP) is 2.32. The first kappa shape index (κ1) is 24.3. The lowest BCUT2D eigenvalue weighted by Gasteiger charge is -2.25. The number of rotatable bonds is 7. The van der Waals surface area contributed by atoms with Gasteiger partial charge >= 0.3 is 0 Å². The van der Waals surface area contributed by atoms with Gasteiger partial charge in [-0.05, 0) is 31.6 Å². The van der Waals surface area contributed by atoms with E-state index in [-0.39, 0.29) is 29.7 Å². The molecule has 0 amide bonds. The fourth-order valence-corrected chi connectivity index (χ4v) is 5.98. The summed E-state index contributed by atoms with van der Waals surface area (Å²) in [5, 5.41) is 3.33. The van der Waals surface area contributed by atoms with Crippen molar-refractivity contribution in [2.75, 3.05) is 56.5 Å². The van der Waals surface area contributed by atoms with E-state index in [4.69, 9.17) is 0 Å². The van der Waals surface area contributed by atoms with Crippen molar-refractivity contribution in [2.45, 2.75) is 33.6 Å². The third kappa shape index (κ3) is 7.71. The summed E-state index contributed by atoms with van der Waals surface area (Å²) >= 11 is 1.82. The zero-order chi connectivity index (χ0) is 18.3. The Hall–Kier alpha value is 0.260. The Labute approximate surface area is 181 Å². The minimum Gasteiger partial charge on any atom is -0.357 e. The monoisotopic (exact) mass is 518 g/mol. The molecule has 1 N–H and O–H groups in total. The molecule has 0 spiro atoms. The average Bonchev–Trinajstić information content (AvgIpc) is 3.02. The first-order valence-corrected chi connectivity index (χ1v) is 12.3. The van der Waals surface area contributed by atoms with Gasteiger partial charge in [-0.25, -0.2) is 12.7 Å². The second kappa shape index (κ2) is 12.0. The van der Waals surface area contributed by atoms with Crippen LogP contribution < -0.4 is 5.32 Å². The molecule has 0 aromatic carbocycles. The second-order valence-corrected chi connectivity index (χ2v) is 10.6. The molecule has 0 radical (unpaired) electrons. The summed E-state index contributed by atoms with van der Waals surface area (Å²) in [7, 11) is -3.18. The van der Waals surface area contributed by atoms with Crippen molar-refractivity contribution in [1.82, 2.24) is 14.5 Å². The van der Waals surface area contributed by atoms with Crippen molar-refractivity contribution in [2.24, 2.45) is 16.8 Å². The zero-order valence-corrected chi connectivity index (χ0v) is 20.3. The fourth-order valence-electron chi connectivity index (χ4n) is 3.53. The molecule has 0 saturated carbocycles. The molecule has 2 fully saturated rings. The van der Waals surface area contributed by atoms with Crippen molar-refractivity contribution in [3.8, 4) is 0 Å². The van der Waals surface area contributed by atoms with Crippen LogP contribution in [0, 0.1) is 11.8 Å². The highest BCUT2D eigenvalue weighted by Gasteiger charge is 2.26. The molecule has 2 aliphatic heterocycles. The number of thioether (sulfide) groups is 1. The van der Waals surface area contributed by atoms with Crippen LogP contribution in [0.3, 0.4) is 0 Å². The molecule has 0 aliphatic carbocycles. The molecule has 154 valence electrons. The second-order valence-electron chi connectivity index (χ2n) is 7.29. The molecule has 1 unspecified atom stereocenters. The van der Waals surface area contributed by atoms with Gasteiger partial charge in [0.25, 0.3) is 0 Å². The predicted molar refractivity (Wildman–Crippen MR) is 123 cm³/mol. The van der Waals surface area contributed by atoms with Gasteiger partial charge in [0, 0.05) is 44.2 Å². The Kier molecular flexibility index (Phi) is 11.2. The van der Waals surface area contributed by atoms with Crippen LogP contribution in [0.25, 0.3) is 0 Å². The minimum absolute atomic E-state index is 0. The van der Waals surface area contributed by atoms with E-state index in [0.29, 0.717) is 19.6 Å². The number of sulfonamides is 1. The van der Waals surface area contributed by atoms with Gasteiger partial charge in [-0.3, -0.25) is 4.99 Å². The Morgan fingerprint density at radius 2 is 1.96 bits per heavy atom. The Morgan fingerprint density at radius 1 is 1.27 bits per heavy atom. The number of nitrogens with zero attached hydrogens (tertiary/aromatic N) is 3. The van der Waals surface area contributed by atoms with Gasteiger partial charge in [-0.15, -0.1) is 24.0 Å². The highest BCUT2D eigenvalue weighted by molar-refractivity contribution is 14.0. The maximum atomic E-state index is 12.4. The van der Waals surface area contributed by atoms with Gasteiger partial charge in [-0.1, -0.05) is 13.8 Å². The fraction of sp³-hybridized carbons (Fsp3) is 0.941. The van der Waals surface area contributed by atoms with E-state index in [1.54, 1.807) is 4.31 Å². The molecule has 2 heterocycles. The van der Waals surface area contributed by atoms with Crippen LogP contribution in [0.4, 0.5) is 0 Å². The lowest BCUT2D eigenvalue weighted by atomic mass is 9.97. The Morgan fingerprint density at radius 3 is 2.58 bits per heavy atom. The standard InChI is InChI=1S/C17H34N4O2S2.HI/c1-4-18-17(20-7-5-16(14-20)13-15(2)3)19-6-12-25(22,23)21-8-10-24-11-9-21;/h15-16H,4-14H2,1-3H3,(H,18,19);1H. The van der Waals surface area contributed by atoms with E-state index in [9.17, 15) is 8.42 Å². The first-order chi connectivity index (χ1) is 11.9. The van der Waals surface area contributed by atoms with E-state index in [2.05, 4.69) is 36.0 Å². The van der Waals surface area contributed by atoms with Crippen LogP contribution >= 0.6 is 35.7 Å². The summed E-state index contributed by atoms with van der Waals surface area (Å²) in [6.45, 7) is 11.1. The van der Waals surface area contributed by atoms with Crippen molar-refractivity contribution < 1.29 is 8.42 Å². The van der Waals surface area contributed by atoms with Gasteiger partial charge in [0.15, 0.2) is 5.96 Å². The molecular formula is C17H35IN4O2S2. The summed E-state index contributed by atoms with van der Waals surface area (Å²) in [5.74, 6) is 4.22. The molecule has 2 aliphatic rings. The number of aliphatic imine (C=N–C) groups is 1. The highest BCUT2D eigenvalue weighted by Crippen LogP contribution is 2.23. The number of likely N-dealkylation sites (tertiary alicyclic amines) is 1. The number of nitrogens with one attached hydrogen (secondary N) is 1. The maximum absolute atomic E-state index is 12.4. The molecule has 0 aromatic heterocycles. The van der Waals surface area contributed by atoms with Crippen LogP contribution in [0.2, 0.25) is 0 Å². The van der Waals surface area contributed by atoms with Crippen LogP contribution in [0.15, 0.2) is 4.99 Å². The molecule has 0 aromatic rings. The van der Waals surface area contributed by atoms with Gasteiger partial charge in [-0.2, -0.15) is 11.8 Å². The third-order valence-electron chi connectivity index (χ3n) is 4.70. The van der Waals surface area contributed by atoms with Crippen molar-refractivity contribution in [3.63, 3.8) is 0 Å². The van der Waals surface area contributed by atoms with Gasteiger partial charge in [0.1, 0.15) is 0 Å². The minimum atomic E-state index is -3.18. The highest BCUT2D eigenvalue weighted by atomic mass is 127. The third-order valence-corrected chi connectivity index (χ3v) is 7.49. The smallest absolute Gasteiger partial charge is 0.215 e. The van der Waals surface area contributed by atoms with Gasteiger partial charge < -0.3 is 10.2 Å². The number of hydrogen-bond acceptors (Lipinski definition) is 4. The average molecular weight is 519 g/mol. The Balaban J connectivity index is 0.00000338. The van der Waals surface area contributed by atoms with Crippen molar-refractivity contribution >= 4 is 51.7 Å². The summed E-state index contributed by atoms with van der Waals surface area (Å²) in [6.07, 6.45) is 2.45. The zero-order valence-electron chi connectivity index (χ0n) is 16.3. The SMILES string of the molecule is CCNC(=NCCS(=O)(=O)N1CCSCC1)N1CCC(CC(C)C)C1.I. The maximum Gasteiger partial charge on any atom is 0.215 e. The van der Waals surface area contributed by atoms with Crippen molar-refractivity contribution in [1.29, 1.82) is 0 Å². The molecule has 6 nitrogen and oxygen atoms in total. The topological polar surface area (TPSA) is 65.0 Å². The molecule has 9 heteroatoms. The van der Waals surface area contributed by atoms with Gasteiger partial charge in [0.05, 0.1) is 12.3 Å². The molecule has 1 atom stereocenters. The summed E-state index contributed by atoms with van der Waals surface area (Å²) in [6, 6.07) is 0. The van der Waals surface area contributed by atoms with Crippen LogP contribution in [-0.2, 0) is 10.0 Å². The van der Waals surface area contributed by atoms with Crippen LogP contribution in [0.1, 0.15) is 33.6 Å². The Bertz CT molecular complexity index is 537. The van der Waals surface area contributed by atoms with Crippen LogP contribution in [-0.4, -0.2) is 80.1 Å². The number of guanidine groups is 1. The molecule has 2 saturated heterocycles. The molecule has 0 bridgehead atoms. The van der Waals surface area contributed by atoms with E-state index in [0.717, 1.165) is 48.9 Å². The van der Waals surface area contributed by atoms with E-state index in [1.807, 2.05) is 11.8 Å². The van der Waals surface area contributed by atoms with E-state index in [1.165, 1.54) is 12.8 Å². The molecular weight excluding hydrogens is 483 g/mol. The summed E-state index contributed by atoms with van der Waals surface area (Å²) < 4.78 is 26.5.